The lowest BCUT2D eigenvalue weighted by atomic mass is 9.97. The Bertz CT molecular complexity index is 836. The van der Waals surface area contributed by atoms with Crippen LogP contribution < -0.4 is 5.32 Å². The third-order valence-corrected chi connectivity index (χ3v) is 5.36. The Hall–Kier alpha value is -1.93. The molecule has 1 fully saturated rings. The number of anilines is 1. The molecule has 0 atom stereocenters. The fraction of sp³-hybridized carbons (Fsp3) is 0.467. The standard InChI is InChI=1S/C15H19N3O4S/c1-10-16-13-9-12(3-4-14(13)22-10)17-15(19)11-5-7-18(8-6-11)23(2,20)21/h3-4,9,11H,5-8H2,1-2H3,(H,17,19). The second kappa shape index (κ2) is 5.93. The number of rotatable bonds is 3. The molecular formula is C15H19N3O4S. The SMILES string of the molecule is Cc1nc2cc(NC(=O)C3CCN(S(C)(=O)=O)CC3)ccc2o1. The first kappa shape index (κ1) is 15.9. The Balaban J connectivity index is 1.64. The second-order valence-electron chi connectivity index (χ2n) is 5.84. The average molecular weight is 337 g/mol. The zero-order valence-corrected chi connectivity index (χ0v) is 13.9. The topological polar surface area (TPSA) is 92.5 Å². The van der Waals surface area contributed by atoms with Gasteiger partial charge in [-0.2, -0.15) is 0 Å². The van der Waals surface area contributed by atoms with Crippen LogP contribution in [0.4, 0.5) is 5.69 Å². The molecule has 23 heavy (non-hydrogen) atoms. The van der Waals surface area contributed by atoms with E-state index in [-0.39, 0.29) is 11.8 Å². The van der Waals surface area contributed by atoms with Gasteiger partial charge in [-0.3, -0.25) is 4.79 Å². The van der Waals surface area contributed by atoms with Gasteiger partial charge in [-0.1, -0.05) is 0 Å². The molecule has 1 aromatic heterocycles. The molecule has 2 aromatic rings. The van der Waals surface area contributed by atoms with Crippen molar-refractivity contribution in [3.63, 3.8) is 0 Å². The van der Waals surface area contributed by atoms with E-state index in [2.05, 4.69) is 10.3 Å². The number of benzene rings is 1. The number of amides is 1. The molecule has 8 heteroatoms. The largest absolute Gasteiger partial charge is 0.441 e. The van der Waals surface area contributed by atoms with E-state index >= 15 is 0 Å². The number of carbonyl (C=O) groups is 1. The third-order valence-electron chi connectivity index (χ3n) is 4.06. The maximum atomic E-state index is 12.3. The van der Waals surface area contributed by atoms with Gasteiger partial charge >= 0.3 is 0 Å². The molecule has 0 unspecified atom stereocenters. The summed E-state index contributed by atoms with van der Waals surface area (Å²) in [7, 11) is -3.17. The molecule has 0 saturated carbocycles. The number of hydrogen-bond acceptors (Lipinski definition) is 5. The van der Waals surface area contributed by atoms with Crippen molar-refractivity contribution < 1.29 is 17.6 Å². The predicted molar refractivity (Wildman–Crippen MR) is 86.5 cm³/mol. The monoisotopic (exact) mass is 337 g/mol. The lowest BCUT2D eigenvalue weighted by Gasteiger charge is -2.29. The molecule has 1 aliphatic rings. The van der Waals surface area contributed by atoms with Gasteiger partial charge in [-0.25, -0.2) is 17.7 Å². The Morgan fingerprint density at radius 2 is 2.04 bits per heavy atom. The van der Waals surface area contributed by atoms with Gasteiger partial charge in [-0.15, -0.1) is 0 Å². The fourth-order valence-corrected chi connectivity index (χ4v) is 3.69. The van der Waals surface area contributed by atoms with Crippen molar-refractivity contribution in [1.29, 1.82) is 0 Å². The first-order chi connectivity index (χ1) is 10.8. The lowest BCUT2D eigenvalue weighted by molar-refractivity contribution is -0.120. The number of aryl methyl sites for hydroxylation is 1. The van der Waals surface area contributed by atoms with Crippen LogP contribution in [0.25, 0.3) is 11.1 Å². The van der Waals surface area contributed by atoms with E-state index in [9.17, 15) is 13.2 Å². The molecule has 0 spiro atoms. The molecular weight excluding hydrogens is 318 g/mol. The van der Waals surface area contributed by atoms with Gasteiger partial charge in [0.05, 0.1) is 6.26 Å². The van der Waals surface area contributed by atoms with Crippen molar-refractivity contribution in [1.82, 2.24) is 9.29 Å². The van der Waals surface area contributed by atoms with Crippen molar-refractivity contribution in [2.45, 2.75) is 19.8 Å². The number of hydrogen-bond donors (Lipinski definition) is 1. The minimum absolute atomic E-state index is 0.0854. The normalized spacial score (nSPS) is 17.5. The highest BCUT2D eigenvalue weighted by molar-refractivity contribution is 7.88. The van der Waals surface area contributed by atoms with Gasteiger partial charge in [0.15, 0.2) is 11.5 Å². The zero-order chi connectivity index (χ0) is 16.6. The van der Waals surface area contributed by atoms with Crippen LogP contribution >= 0.6 is 0 Å². The van der Waals surface area contributed by atoms with Crippen LogP contribution in [0, 0.1) is 12.8 Å². The van der Waals surface area contributed by atoms with Crippen LogP contribution in [0.3, 0.4) is 0 Å². The lowest BCUT2D eigenvalue weighted by Crippen LogP contribution is -2.40. The predicted octanol–water partition coefficient (Wildman–Crippen LogP) is 1.75. The van der Waals surface area contributed by atoms with Crippen LogP contribution in [0.2, 0.25) is 0 Å². The number of nitrogens with one attached hydrogen (secondary N) is 1. The maximum Gasteiger partial charge on any atom is 0.227 e. The van der Waals surface area contributed by atoms with Gasteiger partial charge in [0.2, 0.25) is 15.9 Å². The van der Waals surface area contributed by atoms with Crippen LogP contribution in [0.5, 0.6) is 0 Å². The summed E-state index contributed by atoms with van der Waals surface area (Å²) < 4.78 is 29.8. The van der Waals surface area contributed by atoms with Crippen LogP contribution in [0.1, 0.15) is 18.7 Å². The molecule has 0 radical (unpaired) electrons. The van der Waals surface area contributed by atoms with E-state index in [1.54, 1.807) is 25.1 Å². The molecule has 2 heterocycles. The molecule has 0 bridgehead atoms. The molecule has 0 aliphatic carbocycles. The summed E-state index contributed by atoms with van der Waals surface area (Å²) in [4.78, 5) is 16.6. The Labute approximate surface area is 134 Å². The Morgan fingerprint density at radius 3 is 2.70 bits per heavy atom. The summed E-state index contributed by atoms with van der Waals surface area (Å²) in [5.41, 5.74) is 2.05. The summed E-state index contributed by atoms with van der Waals surface area (Å²) in [5.74, 6) is 0.317. The first-order valence-electron chi connectivity index (χ1n) is 7.46. The van der Waals surface area contributed by atoms with Gasteiger partial charge < -0.3 is 9.73 Å². The quantitative estimate of drug-likeness (QED) is 0.921. The molecule has 1 aliphatic heterocycles. The molecule has 124 valence electrons. The summed E-state index contributed by atoms with van der Waals surface area (Å²) in [6, 6.07) is 5.32. The second-order valence-corrected chi connectivity index (χ2v) is 7.82. The highest BCUT2D eigenvalue weighted by Gasteiger charge is 2.28. The minimum Gasteiger partial charge on any atom is -0.441 e. The van der Waals surface area contributed by atoms with Gasteiger partial charge in [0.1, 0.15) is 5.52 Å². The number of oxazole rings is 1. The van der Waals surface area contributed by atoms with E-state index in [0.717, 1.165) is 0 Å². The van der Waals surface area contributed by atoms with Crippen molar-refractivity contribution in [3.05, 3.63) is 24.1 Å². The van der Waals surface area contributed by atoms with E-state index in [1.807, 2.05) is 0 Å². The maximum absolute atomic E-state index is 12.3. The van der Waals surface area contributed by atoms with E-state index in [0.29, 0.717) is 48.6 Å². The van der Waals surface area contributed by atoms with Crippen molar-refractivity contribution in [2.75, 3.05) is 24.7 Å². The van der Waals surface area contributed by atoms with Crippen molar-refractivity contribution in [2.24, 2.45) is 5.92 Å². The van der Waals surface area contributed by atoms with E-state index < -0.39 is 10.0 Å². The fourth-order valence-electron chi connectivity index (χ4n) is 2.81. The number of piperidine rings is 1. The molecule has 3 rings (SSSR count). The van der Waals surface area contributed by atoms with Gasteiger partial charge in [-0.05, 0) is 31.0 Å². The third kappa shape index (κ3) is 3.53. The summed E-state index contributed by atoms with van der Waals surface area (Å²) >= 11 is 0. The van der Waals surface area contributed by atoms with Crippen LogP contribution in [0.15, 0.2) is 22.6 Å². The Morgan fingerprint density at radius 1 is 1.35 bits per heavy atom. The molecule has 1 amide bonds. The van der Waals surface area contributed by atoms with Crippen LogP contribution in [-0.4, -0.2) is 43.0 Å². The molecule has 1 N–H and O–H groups in total. The van der Waals surface area contributed by atoms with E-state index in [1.165, 1.54) is 10.6 Å². The Kier molecular flexibility index (Phi) is 4.11. The highest BCUT2D eigenvalue weighted by Crippen LogP contribution is 2.23. The minimum atomic E-state index is -3.17. The zero-order valence-electron chi connectivity index (χ0n) is 13.1. The molecule has 7 nitrogen and oxygen atoms in total. The molecule has 1 aromatic carbocycles. The van der Waals surface area contributed by atoms with Crippen molar-refractivity contribution >= 4 is 32.7 Å². The number of fused-ring (bicyclic) bond motifs is 1. The van der Waals surface area contributed by atoms with Gasteiger partial charge in [0, 0.05) is 31.6 Å². The number of nitrogens with zero attached hydrogens (tertiary/aromatic N) is 2. The first-order valence-corrected chi connectivity index (χ1v) is 9.31. The number of sulfonamides is 1. The number of carbonyl (C=O) groups excluding carboxylic acids is 1. The van der Waals surface area contributed by atoms with Crippen LogP contribution in [-0.2, 0) is 14.8 Å². The van der Waals surface area contributed by atoms with Gasteiger partial charge in [0.25, 0.3) is 0 Å². The smallest absolute Gasteiger partial charge is 0.227 e. The average Bonchev–Trinajstić information content (AvgIpc) is 2.86. The van der Waals surface area contributed by atoms with E-state index in [4.69, 9.17) is 4.42 Å². The van der Waals surface area contributed by atoms with Crippen molar-refractivity contribution in [3.8, 4) is 0 Å². The highest BCUT2D eigenvalue weighted by atomic mass is 32.2. The summed E-state index contributed by atoms with van der Waals surface area (Å²) in [6.07, 6.45) is 2.26. The molecule has 1 saturated heterocycles. The number of aromatic nitrogens is 1. The summed E-state index contributed by atoms with van der Waals surface area (Å²) in [6.45, 7) is 2.55. The summed E-state index contributed by atoms with van der Waals surface area (Å²) in [5, 5.41) is 2.88.